The maximum atomic E-state index is 3.94. The van der Waals surface area contributed by atoms with Crippen LogP contribution in [-0.2, 0) is 0 Å². The van der Waals surface area contributed by atoms with Gasteiger partial charge in [-0.2, -0.15) is 0 Å². The zero-order chi connectivity index (χ0) is 9.40. The lowest BCUT2D eigenvalue weighted by Gasteiger charge is -2.11. The highest BCUT2D eigenvalue weighted by atomic mass is 15.1. The van der Waals surface area contributed by atoms with Crippen molar-refractivity contribution in [3.05, 3.63) is 12.3 Å². The largest absolute Gasteiger partial charge is 0.389 e. The first-order valence-electron chi connectivity index (χ1n) is 4.73. The lowest BCUT2D eigenvalue weighted by molar-refractivity contribution is 0.397. The minimum atomic E-state index is 1.05. The first kappa shape index (κ1) is 11.5. The van der Waals surface area contributed by atoms with E-state index in [-0.39, 0.29) is 0 Å². The Labute approximate surface area is 76.6 Å². The van der Waals surface area contributed by atoms with E-state index in [9.17, 15) is 0 Å². The van der Waals surface area contributed by atoms with Crippen LogP contribution in [0.3, 0.4) is 0 Å². The van der Waals surface area contributed by atoms with Crippen molar-refractivity contribution in [2.24, 2.45) is 0 Å². The van der Waals surface area contributed by atoms with Gasteiger partial charge in [0.25, 0.3) is 0 Å². The summed E-state index contributed by atoms with van der Waals surface area (Å²) in [6, 6.07) is 0. The lowest BCUT2D eigenvalue weighted by Crippen LogP contribution is -2.20. The number of nitrogens with one attached hydrogen (secondary N) is 1. The molecule has 0 unspecified atom stereocenters. The van der Waals surface area contributed by atoms with Crippen molar-refractivity contribution in [1.82, 2.24) is 10.2 Å². The summed E-state index contributed by atoms with van der Waals surface area (Å²) in [5.74, 6) is 0. The Morgan fingerprint density at radius 3 is 2.58 bits per heavy atom. The van der Waals surface area contributed by atoms with Gasteiger partial charge in [0.05, 0.1) is 0 Å². The van der Waals surface area contributed by atoms with Crippen molar-refractivity contribution in [2.45, 2.75) is 26.2 Å². The number of rotatable bonds is 7. The highest BCUT2D eigenvalue weighted by Crippen LogP contribution is 1.96. The molecule has 0 aliphatic rings. The molecule has 12 heavy (non-hydrogen) atoms. The van der Waals surface area contributed by atoms with Gasteiger partial charge in [-0.15, -0.1) is 0 Å². The molecule has 0 aromatic heterocycles. The van der Waals surface area contributed by atoms with Crippen LogP contribution in [0.1, 0.15) is 26.2 Å². The summed E-state index contributed by atoms with van der Waals surface area (Å²) >= 11 is 0. The summed E-state index contributed by atoms with van der Waals surface area (Å²) in [7, 11) is 4.20. The number of hydrogen-bond donors (Lipinski definition) is 1. The SMILES string of the molecule is C=C(CCC)NCCCN(C)C. The molecule has 72 valence electrons. The molecule has 0 rings (SSSR count). The number of nitrogens with zero attached hydrogens (tertiary/aromatic N) is 1. The minimum Gasteiger partial charge on any atom is -0.389 e. The fourth-order valence-corrected chi connectivity index (χ4v) is 1.05. The smallest absolute Gasteiger partial charge is 0.0155 e. The predicted molar refractivity (Wildman–Crippen MR) is 55.2 cm³/mol. The molecule has 0 saturated heterocycles. The second-order valence-electron chi connectivity index (χ2n) is 3.44. The van der Waals surface area contributed by atoms with Gasteiger partial charge in [-0.25, -0.2) is 0 Å². The van der Waals surface area contributed by atoms with E-state index in [4.69, 9.17) is 0 Å². The normalized spacial score (nSPS) is 10.3. The van der Waals surface area contributed by atoms with E-state index >= 15 is 0 Å². The molecule has 0 heterocycles. The van der Waals surface area contributed by atoms with E-state index in [1.807, 2.05) is 0 Å². The van der Waals surface area contributed by atoms with Crippen molar-refractivity contribution in [3.8, 4) is 0 Å². The van der Waals surface area contributed by atoms with Gasteiger partial charge >= 0.3 is 0 Å². The Morgan fingerprint density at radius 1 is 1.42 bits per heavy atom. The molecule has 1 N–H and O–H groups in total. The van der Waals surface area contributed by atoms with Crippen LogP contribution in [0.5, 0.6) is 0 Å². The lowest BCUT2D eigenvalue weighted by atomic mass is 10.2. The molecule has 2 heteroatoms. The summed E-state index contributed by atoms with van der Waals surface area (Å²) in [6.45, 7) is 8.31. The highest BCUT2D eigenvalue weighted by Gasteiger charge is 1.92. The van der Waals surface area contributed by atoms with E-state index in [0.29, 0.717) is 0 Å². The van der Waals surface area contributed by atoms with Crippen LogP contribution >= 0.6 is 0 Å². The summed E-state index contributed by atoms with van der Waals surface area (Å²) in [4.78, 5) is 2.20. The van der Waals surface area contributed by atoms with Crippen LogP contribution in [0, 0.1) is 0 Å². The van der Waals surface area contributed by atoms with Crippen molar-refractivity contribution < 1.29 is 0 Å². The Bertz CT molecular complexity index is 119. The van der Waals surface area contributed by atoms with Crippen molar-refractivity contribution >= 4 is 0 Å². The zero-order valence-corrected chi connectivity index (χ0v) is 8.69. The standard InChI is InChI=1S/C10H22N2/c1-5-7-10(2)11-8-6-9-12(3)4/h11H,2,5-9H2,1,3-4H3. The molecule has 0 saturated carbocycles. The molecule has 0 aromatic carbocycles. The van der Waals surface area contributed by atoms with E-state index in [0.717, 1.165) is 19.5 Å². The van der Waals surface area contributed by atoms with Gasteiger partial charge in [-0.05, 0) is 33.5 Å². The molecule has 0 aliphatic carbocycles. The van der Waals surface area contributed by atoms with Crippen molar-refractivity contribution in [3.63, 3.8) is 0 Å². The van der Waals surface area contributed by atoms with Crippen molar-refractivity contribution in [2.75, 3.05) is 27.2 Å². The number of hydrogen-bond acceptors (Lipinski definition) is 2. The maximum absolute atomic E-state index is 3.94. The monoisotopic (exact) mass is 170 g/mol. The molecule has 0 bridgehead atoms. The molecule has 0 amide bonds. The Hall–Kier alpha value is -0.500. The van der Waals surface area contributed by atoms with E-state index < -0.39 is 0 Å². The average Bonchev–Trinajstić information content (AvgIpc) is 1.98. The zero-order valence-electron chi connectivity index (χ0n) is 8.69. The van der Waals surface area contributed by atoms with Gasteiger partial charge in [0, 0.05) is 12.2 Å². The Balaban J connectivity index is 3.14. The molecule has 0 spiro atoms. The quantitative estimate of drug-likeness (QED) is 0.587. The number of allylic oxidation sites excluding steroid dienone is 1. The van der Waals surface area contributed by atoms with Crippen LogP contribution in [-0.4, -0.2) is 32.1 Å². The van der Waals surface area contributed by atoms with Crippen molar-refractivity contribution in [1.29, 1.82) is 0 Å². The first-order chi connectivity index (χ1) is 5.66. The molecule has 0 aliphatic heterocycles. The predicted octanol–water partition coefficient (Wildman–Crippen LogP) is 1.84. The fraction of sp³-hybridized carbons (Fsp3) is 0.800. The first-order valence-corrected chi connectivity index (χ1v) is 4.73. The molecule has 0 radical (unpaired) electrons. The van der Waals surface area contributed by atoms with E-state index in [2.05, 4.69) is 37.8 Å². The van der Waals surface area contributed by atoms with E-state index in [1.54, 1.807) is 0 Å². The third kappa shape index (κ3) is 7.61. The summed E-state index contributed by atoms with van der Waals surface area (Å²) < 4.78 is 0. The maximum Gasteiger partial charge on any atom is 0.0155 e. The van der Waals surface area contributed by atoms with Gasteiger partial charge in [0.15, 0.2) is 0 Å². The third-order valence-electron chi connectivity index (χ3n) is 1.71. The highest BCUT2D eigenvalue weighted by molar-refractivity contribution is 4.89. The molecule has 0 fully saturated rings. The van der Waals surface area contributed by atoms with Gasteiger partial charge in [-0.1, -0.05) is 19.9 Å². The average molecular weight is 170 g/mol. The van der Waals surface area contributed by atoms with Crippen LogP contribution in [0.25, 0.3) is 0 Å². The minimum absolute atomic E-state index is 1.05. The van der Waals surface area contributed by atoms with Gasteiger partial charge in [0.2, 0.25) is 0 Å². The fourth-order valence-electron chi connectivity index (χ4n) is 1.05. The molecule has 2 nitrogen and oxygen atoms in total. The Morgan fingerprint density at radius 2 is 2.08 bits per heavy atom. The van der Waals surface area contributed by atoms with Gasteiger partial charge in [-0.3, -0.25) is 0 Å². The molecular weight excluding hydrogens is 148 g/mol. The van der Waals surface area contributed by atoms with Gasteiger partial charge in [0.1, 0.15) is 0 Å². The second-order valence-corrected chi connectivity index (χ2v) is 3.44. The van der Waals surface area contributed by atoms with Crippen LogP contribution < -0.4 is 5.32 Å². The van der Waals surface area contributed by atoms with Gasteiger partial charge < -0.3 is 10.2 Å². The Kier molecular flexibility index (Phi) is 6.87. The van der Waals surface area contributed by atoms with E-state index in [1.165, 1.54) is 18.5 Å². The topological polar surface area (TPSA) is 15.3 Å². The molecule has 0 atom stereocenters. The van der Waals surface area contributed by atoms with Crippen LogP contribution in [0.15, 0.2) is 12.3 Å². The third-order valence-corrected chi connectivity index (χ3v) is 1.71. The van der Waals surface area contributed by atoms with Crippen LogP contribution in [0.2, 0.25) is 0 Å². The summed E-state index contributed by atoms with van der Waals surface area (Å²) in [6.07, 6.45) is 3.47. The van der Waals surface area contributed by atoms with Crippen LogP contribution in [0.4, 0.5) is 0 Å². The second kappa shape index (κ2) is 7.17. The summed E-state index contributed by atoms with van der Waals surface area (Å²) in [5.41, 5.74) is 1.18. The molecular formula is C10H22N2. The molecule has 0 aromatic rings. The summed E-state index contributed by atoms with van der Waals surface area (Å²) in [5, 5.41) is 3.32.